The maximum atomic E-state index is 11.7. The molecule has 2 atom stereocenters. The maximum Gasteiger partial charge on any atom is 0.239 e. The average Bonchev–Trinajstić information content (AvgIpc) is 2.17. The summed E-state index contributed by atoms with van der Waals surface area (Å²) < 4.78 is 0. The molecule has 1 aliphatic heterocycles. The Hall–Kier alpha value is -0.610. The molecule has 0 radical (unpaired) electrons. The Labute approximate surface area is 85.1 Å². The van der Waals surface area contributed by atoms with E-state index >= 15 is 0 Å². The van der Waals surface area contributed by atoms with Gasteiger partial charge in [0.25, 0.3) is 0 Å². The summed E-state index contributed by atoms with van der Waals surface area (Å²) in [6.45, 7) is 3.21. The van der Waals surface area contributed by atoms with Crippen LogP contribution in [0.1, 0.15) is 32.6 Å². The Morgan fingerprint density at radius 2 is 2.43 bits per heavy atom. The summed E-state index contributed by atoms with van der Waals surface area (Å²) in [5, 5.41) is 9.41. The minimum Gasteiger partial charge on any atom is -0.391 e. The summed E-state index contributed by atoms with van der Waals surface area (Å²) in [5.41, 5.74) is 5.73. The van der Waals surface area contributed by atoms with Gasteiger partial charge in [0.2, 0.25) is 5.91 Å². The van der Waals surface area contributed by atoms with Crippen LogP contribution in [0.3, 0.4) is 0 Å². The molecule has 1 rings (SSSR count). The van der Waals surface area contributed by atoms with Gasteiger partial charge in [0.1, 0.15) is 0 Å². The minimum absolute atomic E-state index is 0.00870. The van der Waals surface area contributed by atoms with Crippen LogP contribution in [-0.2, 0) is 4.79 Å². The normalized spacial score (nSPS) is 24.8. The standard InChI is InChI=1S/C10H20N2O2/c1-2-4-9(11)10(14)12-6-3-5-8(13)7-12/h8-9,13H,2-7,11H2,1H3/t8?,9-/m0/s1. The van der Waals surface area contributed by atoms with Gasteiger partial charge in [-0.15, -0.1) is 0 Å². The highest BCUT2D eigenvalue weighted by molar-refractivity contribution is 5.81. The molecule has 0 saturated carbocycles. The molecule has 0 bridgehead atoms. The molecule has 1 unspecified atom stereocenters. The fourth-order valence-electron chi connectivity index (χ4n) is 1.82. The Bertz CT molecular complexity index is 197. The van der Waals surface area contributed by atoms with Gasteiger partial charge >= 0.3 is 0 Å². The van der Waals surface area contributed by atoms with Gasteiger partial charge < -0.3 is 15.7 Å². The molecular weight excluding hydrogens is 180 g/mol. The number of amides is 1. The van der Waals surface area contributed by atoms with Gasteiger partial charge in [0.05, 0.1) is 12.1 Å². The van der Waals surface area contributed by atoms with Crippen molar-refractivity contribution in [2.75, 3.05) is 13.1 Å². The van der Waals surface area contributed by atoms with Gasteiger partial charge in [-0.2, -0.15) is 0 Å². The van der Waals surface area contributed by atoms with Gasteiger partial charge in [-0.1, -0.05) is 13.3 Å². The van der Waals surface area contributed by atoms with E-state index in [0.717, 1.165) is 32.2 Å². The van der Waals surface area contributed by atoms with Crippen LogP contribution in [0.25, 0.3) is 0 Å². The number of aliphatic hydroxyl groups excluding tert-OH is 1. The van der Waals surface area contributed by atoms with Gasteiger partial charge in [-0.3, -0.25) is 4.79 Å². The number of hydrogen-bond donors (Lipinski definition) is 2. The molecule has 0 aromatic rings. The molecular formula is C10H20N2O2. The molecule has 1 heterocycles. The zero-order valence-electron chi connectivity index (χ0n) is 8.78. The smallest absolute Gasteiger partial charge is 0.239 e. The summed E-state index contributed by atoms with van der Waals surface area (Å²) >= 11 is 0. The van der Waals surface area contributed by atoms with Crippen molar-refractivity contribution in [1.29, 1.82) is 0 Å². The van der Waals surface area contributed by atoms with Crippen molar-refractivity contribution in [2.45, 2.75) is 44.8 Å². The van der Waals surface area contributed by atoms with E-state index in [0.29, 0.717) is 6.54 Å². The molecule has 0 aliphatic carbocycles. The van der Waals surface area contributed by atoms with Crippen LogP contribution in [0.5, 0.6) is 0 Å². The van der Waals surface area contributed by atoms with E-state index in [1.54, 1.807) is 4.90 Å². The van der Waals surface area contributed by atoms with Crippen molar-refractivity contribution < 1.29 is 9.90 Å². The third-order valence-corrected chi connectivity index (χ3v) is 2.63. The second-order valence-corrected chi connectivity index (χ2v) is 3.98. The number of piperidine rings is 1. The summed E-state index contributed by atoms with van der Waals surface area (Å²) in [5.74, 6) is -0.00870. The Morgan fingerprint density at radius 1 is 1.71 bits per heavy atom. The zero-order chi connectivity index (χ0) is 10.6. The first kappa shape index (κ1) is 11.5. The average molecular weight is 200 g/mol. The number of nitrogens with zero attached hydrogens (tertiary/aromatic N) is 1. The highest BCUT2D eigenvalue weighted by Crippen LogP contribution is 2.11. The molecule has 1 fully saturated rings. The molecule has 82 valence electrons. The molecule has 1 aliphatic rings. The van der Waals surface area contributed by atoms with Gasteiger partial charge in [-0.05, 0) is 19.3 Å². The van der Waals surface area contributed by atoms with Crippen LogP contribution in [0.4, 0.5) is 0 Å². The Balaban J connectivity index is 2.42. The number of carbonyl (C=O) groups is 1. The predicted octanol–water partition coefficient (Wildman–Crippen LogP) is 0.0971. The lowest BCUT2D eigenvalue weighted by Crippen LogP contribution is -2.49. The van der Waals surface area contributed by atoms with E-state index in [9.17, 15) is 9.90 Å². The predicted molar refractivity (Wildman–Crippen MR) is 54.7 cm³/mol. The largest absolute Gasteiger partial charge is 0.391 e. The number of β-amino-alcohol motifs (C(OH)–C–C–N with tert-alkyl or cyclic N) is 1. The molecule has 0 aromatic heterocycles. The van der Waals surface area contributed by atoms with E-state index in [1.165, 1.54) is 0 Å². The lowest BCUT2D eigenvalue weighted by atomic mass is 10.1. The van der Waals surface area contributed by atoms with Crippen LogP contribution < -0.4 is 5.73 Å². The molecule has 0 spiro atoms. The van der Waals surface area contributed by atoms with E-state index in [4.69, 9.17) is 5.73 Å². The monoisotopic (exact) mass is 200 g/mol. The van der Waals surface area contributed by atoms with Crippen LogP contribution in [-0.4, -0.2) is 41.1 Å². The molecule has 0 aromatic carbocycles. The molecule has 3 N–H and O–H groups in total. The van der Waals surface area contributed by atoms with Gasteiger partial charge in [0, 0.05) is 13.1 Å². The number of rotatable bonds is 3. The lowest BCUT2D eigenvalue weighted by Gasteiger charge is -2.31. The van der Waals surface area contributed by atoms with E-state index in [-0.39, 0.29) is 18.1 Å². The fourth-order valence-corrected chi connectivity index (χ4v) is 1.82. The van der Waals surface area contributed by atoms with E-state index in [2.05, 4.69) is 0 Å². The highest BCUT2D eigenvalue weighted by atomic mass is 16.3. The third kappa shape index (κ3) is 2.96. The van der Waals surface area contributed by atoms with E-state index in [1.807, 2.05) is 6.92 Å². The Morgan fingerprint density at radius 3 is 3.00 bits per heavy atom. The van der Waals surface area contributed by atoms with Crippen molar-refractivity contribution in [2.24, 2.45) is 5.73 Å². The summed E-state index contributed by atoms with van der Waals surface area (Å²) in [6.07, 6.45) is 2.97. The summed E-state index contributed by atoms with van der Waals surface area (Å²) in [6, 6.07) is -0.384. The van der Waals surface area contributed by atoms with Crippen molar-refractivity contribution in [3.05, 3.63) is 0 Å². The number of nitrogens with two attached hydrogens (primary N) is 1. The molecule has 1 amide bonds. The second-order valence-electron chi connectivity index (χ2n) is 3.98. The highest BCUT2D eigenvalue weighted by Gasteiger charge is 2.25. The Kier molecular flexibility index (Phi) is 4.35. The van der Waals surface area contributed by atoms with E-state index < -0.39 is 0 Å². The first-order chi connectivity index (χ1) is 6.65. The van der Waals surface area contributed by atoms with Crippen molar-refractivity contribution in [3.8, 4) is 0 Å². The third-order valence-electron chi connectivity index (χ3n) is 2.63. The molecule has 4 nitrogen and oxygen atoms in total. The first-order valence-corrected chi connectivity index (χ1v) is 5.37. The number of hydrogen-bond acceptors (Lipinski definition) is 3. The van der Waals surface area contributed by atoms with Crippen LogP contribution in [0, 0.1) is 0 Å². The molecule has 14 heavy (non-hydrogen) atoms. The first-order valence-electron chi connectivity index (χ1n) is 5.37. The van der Waals surface area contributed by atoms with Gasteiger partial charge in [0.15, 0.2) is 0 Å². The molecule has 4 heteroatoms. The summed E-state index contributed by atoms with van der Waals surface area (Å²) in [4.78, 5) is 13.4. The van der Waals surface area contributed by atoms with Crippen LogP contribution in [0.15, 0.2) is 0 Å². The number of carbonyl (C=O) groups excluding carboxylic acids is 1. The van der Waals surface area contributed by atoms with Crippen LogP contribution >= 0.6 is 0 Å². The van der Waals surface area contributed by atoms with Gasteiger partial charge in [-0.25, -0.2) is 0 Å². The van der Waals surface area contributed by atoms with Crippen molar-refractivity contribution in [1.82, 2.24) is 4.90 Å². The van der Waals surface area contributed by atoms with Crippen LogP contribution in [0.2, 0.25) is 0 Å². The fraction of sp³-hybridized carbons (Fsp3) is 0.900. The lowest BCUT2D eigenvalue weighted by molar-refractivity contribution is -0.135. The summed E-state index contributed by atoms with van der Waals surface area (Å²) in [7, 11) is 0. The quantitative estimate of drug-likeness (QED) is 0.679. The number of aliphatic hydroxyl groups is 1. The minimum atomic E-state index is -0.384. The maximum absolute atomic E-state index is 11.7. The van der Waals surface area contributed by atoms with Crippen molar-refractivity contribution in [3.63, 3.8) is 0 Å². The number of likely N-dealkylation sites (tertiary alicyclic amines) is 1. The van der Waals surface area contributed by atoms with Crippen molar-refractivity contribution >= 4 is 5.91 Å². The topological polar surface area (TPSA) is 66.6 Å². The zero-order valence-corrected chi connectivity index (χ0v) is 8.78. The molecule has 1 saturated heterocycles. The SMILES string of the molecule is CCC[C@H](N)C(=O)N1CCCC(O)C1. The second kappa shape index (κ2) is 5.32.